The van der Waals surface area contributed by atoms with Crippen LogP contribution in [0, 0.1) is 18.3 Å². The van der Waals surface area contributed by atoms with Crippen LogP contribution in [0.1, 0.15) is 45.5 Å². The van der Waals surface area contributed by atoms with Gasteiger partial charge in [-0.05, 0) is 43.2 Å². The number of rotatable bonds is 5. The predicted octanol–water partition coefficient (Wildman–Crippen LogP) is 4.23. The van der Waals surface area contributed by atoms with Crippen LogP contribution in [0.5, 0.6) is 5.75 Å². The van der Waals surface area contributed by atoms with Crippen LogP contribution in [0.3, 0.4) is 0 Å². The van der Waals surface area contributed by atoms with Crippen molar-refractivity contribution in [2.24, 2.45) is 11.3 Å². The highest BCUT2D eigenvalue weighted by Crippen LogP contribution is 2.39. The molecule has 0 N–H and O–H groups in total. The molecule has 1 fully saturated rings. The molecule has 1 aliphatic heterocycles. The van der Waals surface area contributed by atoms with Gasteiger partial charge in [-0.25, -0.2) is 14.3 Å². The number of benzene rings is 1. The van der Waals surface area contributed by atoms with Crippen molar-refractivity contribution < 1.29 is 22.7 Å². The highest BCUT2D eigenvalue weighted by molar-refractivity contribution is 5.81. The number of carbonyl (C=O) groups is 1. The second-order valence-electron chi connectivity index (χ2n) is 10.2. The zero-order valence-electron chi connectivity index (χ0n) is 21.0. The largest absolute Gasteiger partial charge is 0.494 e. The Bertz CT molecular complexity index is 1230. The molecule has 36 heavy (non-hydrogen) atoms. The van der Waals surface area contributed by atoms with Crippen molar-refractivity contribution in [2.75, 3.05) is 20.2 Å². The van der Waals surface area contributed by atoms with Crippen LogP contribution in [0.2, 0.25) is 0 Å². The minimum Gasteiger partial charge on any atom is -0.494 e. The van der Waals surface area contributed by atoms with E-state index in [0.29, 0.717) is 41.4 Å². The minimum absolute atomic E-state index is 0.0304. The first-order valence-corrected chi connectivity index (χ1v) is 11.7. The Kier molecular flexibility index (Phi) is 6.80. The fourth-order valence-electron chi connectivity index (χ4n) is 4.55. The van der Waals surface area contributed by atoms with E-state index in [1.165, 1.54) is 11.8 Å². The lowest BCUT2D eigenvalue weighted by Crippen LogP contribution is -2.42. The summed E-state index contributed by atoms with van der Waals surface area (Å²) in [5.41, 5.74) is 1.66. The molecule has 1 aliphatic rings. The summed E-state index contributed by atoms with van der Waals surface area (Å²) >= 11 is 0. The molecule has 9 nitrogen and oxygen atoms in total. The van der Waals surface area contributed by atoms with Crippen LogP contribution >= 0.6 is 0 Å². The van der Waals surface area contributed by atoms with E-state index in [1.54, 1.807) is 36.3 Å². The number of methoxy groups -OCH3 is 1. The Hall–Kier alpha value is -3.44. The van der Waals surface area contributed by atoms with E-state index >= 15 is 0 Å². The molecule has 1 amide bonds. The van der Waals surface area contributed by atoms with Gasteiger partial charge < -0.3 is 9.64 Å². The van der Waals surface area contributed by atoms with Crippen LogP contribution in [0.15, 0.2) is 30.7 Å². The van der Waals surface area contributed by atoms with Crippen molar-refractivity contribution in [3.05, 3.63) is 36.5 Å². The highest BCUT2D eigenvalue weighted by Gasteiger charge is 2.41. The van der Waals surface area contributed by atoms with E-state index < -0.39 is 24.7 Å². The number of aryl methyl sites for hydroxylation is 1. The molecule has 2 atom stereocenters. The lowest BCUT2D eigenvalue weighted by Gasteiger charge is -2.30. The Morgan fingerprint density at radius 3 is 2.56 bits per heavy atom. The van der Waals surface area contributed by atoms with Crippen molar-refractivity contribution in [1.29, 1.82) is 0 Å². The SMILES string of the molecule is COc1cc(-c2cn([C@@H]3C[C@H](C(C)(C)C)CCN(CC(F)(F)F)C3=O)nn2)ccc1-n1cnc(C)n1. The molecule has 194 valence electrons. The molecule has 4 rings (SSSR count). The minimum atomic E-state index is -4.48. The van der Waals surface area contributed by atoms with Crippen LogP contribution in [0.25, 0.3) is 16.9 Å². The maximum Gasteiger partial charge on any atom is 0.406 e. The molecule has 1 saturated heterocycles. The number of hydrogen-bond donors (Lipinski definition) is 0. The maximum absolute atomic E-state index is 13.2. The molecule has 0 saturated carbocycles. The average molecular weight is 506 g/mol. The first-order valence-electron chi connectivity index (χ1n) is 11.7. The van der Waals surface area contributed by atoms with Crippen LogP contribution in [-0.2, 0) is 4.79 Å². The summed E-state index contributed by atoms with van der Waals surface area (Å²) in [6, 6.07) is 4.51. The summed E-state index contributed by atoms with van der Waals surface area (Å²) in [5, 5.41) is 12.7. The molecule has 0 aliphatic carbocycles. The molecule has 0 radical (unpaired) electrons. The number of carbonyl (C=O) groups excluding carboxylic acids is 1. The third-order valence-electron chi connectivity index (χ3n) is 6.61. The number of alkyl halides is 3. The number of amides is 1. The zero-order chi connectivity index (χ0) is 26.3. The summed E-state index contributed by atoms with van der Waals surface area (Å²) in [7, 11) is 1.54. The predicted molar refractivity (Wildman–Crippen MR) is 126 cm³/mol. The van der Waals surface area contributed by atoms with E-state index in [2.05, 4.69) is 20.4 Å². The summed E-state index contributed by atoms with van der Waals surface area (Å²) < 4.78 is 48.2. The molecular weight excluding hydrogens is 475 g/mol. The van der Waals surface area contributed by atoms with Crippen LogP contribution in [-0.4, -0.2) is 66.9 Å². The number of halogens is 3. The van der Waals surface area contributed by atoms with E-state index in [1.807, 2.05) is 26.8 Å². The Morgan fingerprint density at radius 2 is 1.94 bits per heavy atom. The summed E-state index contributed by atoms with van der Waals surface area (Å²) in [6.07, 6.45) is -0.417. The standard InChI is InChI=1S/C24H30F3N7O2/c1-15-28-14-34(30-15)19-7-6-16(10-21(19)36-5)18-12-33(31-29-18)20-11-17(23(2,3)4)8-9-32(22(20)35)13-24(25,26)27/h6-7,10,12,14,17,20H,8-9,11,13H2,1-5H3/t17-,20-/m1/s1. The van der Waals surface area contributed by atoms with E-state index in [9.17, 15) is 18.0 Å². The van der Waals surface area contributed by atoms with Crippen molar-refractivity contribution in [3.63, 3.8) is 0 Å². The summed E-state index contributed by atoms with van der Waals surface area (Å²) in [4.78, 5) is 18.3. The zero-order valence-corrected chi connectivity index (χ0v) is 21.0. The van der Waals surface area contributed by atoms with Gasteiger partial charge in [0, 0.05) is 12.1 Å². The molecular formula is C24H30F3N7O2. The van der Waals surface area contributed by atoms with Crippen molar-refractivity contribution in [3.8, 4) is 22.7 Å². The molecule has 1 aromatic carbocycles. The molecule has 0 unspecified atom stereocenters. The van der Waals surface area contributed by atoms with Gasteiger partial charge in [0.2, 0.25) is 5.91 Å². The number of ether oxygens (including phenoxy) is 1. The van der Waals surface area contributed by atoms with Crippen molar-refractivity contribution in [1.82, 2.24) is 34.7 Å². The van der Waals surface area contributed by atoms with Crippen molar-refractivity contribution >= 4 is 5.91 Å². The first-order chi connectivity index (χ1) is 16.9. The number of aromatic nitrogens is 6. The van der Waals surface area contributed by atoms with Gasteiger partial charge in [-0.1, -0.05) is 32.1 Å². The normalized spacial score (nSPS) is 19.4. The first kappa shape index (κ1) is 25.6. The highest BCUT2D eigenvalue weighted by atomic mass is 19.4. The molecule has 0 bridgehead atoms. The topological polar surface area (TPSA) is 91.0 Å². The average Bonchev–Trinajstić information content (AvgIpc) is 3.42. The summed E-state index contributed by atoms with van der Waals surface area (Å²) in [6.45, 7) is 6.67. The van der Waals surface area contributed by atoms with Crippen molar-refractivity contribution in [2.45, 2.75) is 52.8 Å². The molecule has 3 aromatic rings. The van der Waals surface area contributed by atoms with Gasteiger partial charge in [-0.3, -0.25) is 4.79 Å². The van der Waals surface area contributed by atoms with E-state index in [0.717, 1.165) is 4.90 Å². The van der Waals surface area contributed by atoms with Gasteiger partial charge in [-0.2, -0.15) is 18.3 Å². The molecule has 0 spiro atoms. The lowest BCUT2D eigenvalue weighted by atomic mass is 9.76. The van der Waals surface area contributed by atoms with Gasteiger partial charge in [0.25, 0.3) is 0 Å². The fraction of sp³-hybridized carbons (Fsp3) is 0.542. The van der Waals surface area contributed by atoms with Gasteiger partial charge in [0.1, 0.15) is 41.9 Å². The molecule has 2 aromatic heterocycles. The molecule has 12 heteroatoms. The third kappa shape index (κ3) is 5.52. The number of hydrogen-bond acceptors (Lipinski definition) is 6. The van der Waals surface area contributed by atoms with E-state index in [4.69, 9.17) is 4.74 Å². The van der Waals surface area contributed by atoms with Crippen LogP contribution in [0.4, 0.5) is 13.2 Å². The maximum atomic E-state index is 13.2. The summed E-state index contributed by atoms with van der Waals surface area (Å²) in [5.74, 6) is 0.583. The Labute approximate surface area is 207 Å². The number of nitrogens with zero attached hydrogens (tertiary/aromatic N) is 7. The second-order valence-corrected chi connectivity index (χ2v) is 10.2. The number of likely N-dealkylation sites (tertiary alicyclic amines) is 1. The fourth-order valence-corrected chi connectivity index (χ4v) is 4.55. The Morgan fingerprint density at radius 1 is 1.19 bits per heavy atom. The van der Waals surface area contributed by atoms with Gasteiger partial charge in [-0.15, -0.1) is 5.10 Å². The molecule has 3 heterocycles. The third-order valence-corrected chi connectivity index (χ3v) is 6.61. The van der Waals surface area contributed by atoms with Gasteiger partial charge >= 0.3 is 6.18 Å². The monoisotopic (exact) mass is 505 g/mol. The lowest BCUT2D eigenvalue weighted by molar-refractivity contribution is -0.162. The Balaban J connectivity index is 1.66. The van der Waals surface area contributed by atoms with E-state index in [-0.39, 0.29) is 17.9 Å². The smallest absolute Gasteiger partial charge is 0.406 e. The van der Waals surface area contributed by atoms with Crippen LogP contribution < -0.4 is 4.74 Å². The van der Waals surface area contributed by atoms with Gasteiger partial charge in [0.15, 0.2) is 0 Å². The van der Waals surface area contributed by atoms with Gasteiger partial charge in [0.05, 0.1) is 13.3 Å². The second kappa shape index (κ2) is 9.55. The quantitative estimate of drug-likeness (QED) is 0.516.